The molecule has 0 unspecified atom stereocenters. The van der Waals surface area contributed by atoms with Crippen LogP contribution in [0.25, 0.3) is 0 Å². The van der Waals surface area contributed by atoms with E-state index >= 15 is 0 Å². The highest BCUT2D eigenvalue weighted by molar-refractivity contribution is 6.30. The number of benzene rings is 2. The summed E-state index contributed by atoms with van der Waals surface area (Å²) in [5, 5.41) is 5.71. The topological polar surface area (TPSA) is 76.7 Å². The van der Waals surface area contributed by atoms with Gasteiger partial charge in [-0.05, 0) is 36.4 Å². The van der Waals surface area contributed by atoms with Gasteiger partial charge in [-0.1, -0.05) is 29.8 Å². The lowest BCUT2D eigenvalue weighted by atomic mass is 10.3. The molecule has 0 aliphatic rings. The van der Waals surface area contributed by atoms with Crippen LogP contribution in [0.4, 0.5) is 5.69 Å². The van der Waals surface area contributed by atoms with Crippen LogP contribution in [0.2, 0.25) is 5.02 Å². The minimum Gasteiger partial charge on any atom is -0.491 e. The van der Waals surface area contributed by atoms with Crippen LogP contribution in [0, 0.1) is 0 Å². The van der Waals surface area contributed by atoms with Crippen molar-refractivity contribution in [2.75, 3.05) is 31.7 Å². The molecule has 0 saturated carbocycles. The largest absolute Gasteiger partial charge is 0.491 e. The molecule has 2 amide bonds. The molecule has 0 saturated heterocycles. The van der Waals surface area contributed by atoms with Gasteiger partial charge in [-0.25, -0.2) is 0 Å². The lowest BCUT2D eigenvalue weighted by Crippen LogP contribution is -2.35. The number of ether oxygens (including phenoxy) is 2. The summed E-state index contributed by atoms with van der Waals surface area (Å²) in [4.78, 5) is 23.3. The molecule has 7 heteroatoms. The molecule has 2 aromatic rings. The third kappa shape index (κ3) is 7.69. The summed E-state index contributed by atoms with van der Waals surface area (Å²) < 4.78 is 10.6. The van der Waals surface area contributed by atoms with Crippen LogP contribution in [-0.2, 0) is 14.3 Å². The van der Waals surface area contributed by atoms with Crippen LogP contribution in [0.15, 0.2) is 54.6 Å². The van der Waals surface area contributed by atoms with Crippen LogP contribution < -0.4 is 15.4 Å². The number of rotatable bonds is 9. The Morgan fingerprint density at radius 1 is 0.920 bits per heavy atom. The van der Waals surface area contributed by atoms with E-state index in [9.17, 15) is 9.59 Å². The van der Waals surface area contributed by atoms with Gasteiger partial charge in [0.05, 0.1) is 13.2 Å². The molecule has 0 aromatic heterocycles. The minimum absolute atomic E-state index is 0.133. The Bertz CT molecular complexity index is 677. The van der Waals surface area contributed by atoms with Crippen molar-refractivity contribution >= 4 is 29.1 Å². The van der Waals surface area contributed by atoms with Crippen LogP contribution in [0.5, 0.6) is 5.75 Å². The van der Waals surface area contributed by atoms with E-state index in [0.29, 0.717) is 17.3 Å². The zero-order valence-electron chi connectivity index (χ0n) is 13.5. The summed E-state index contributed by atoms with van der Waals surface area (Å²) in [5.74, 6) is 0.0449. The van der Waals surface area contributed by atoms with Crippen molar-refractivity contribution in [3.8, 4) is 5.75 Å². The first-order valence-electron chi connectivity index (χ1n) is 7.71. The maximum absolute atomic E-state index is 11.7. The Kier molecular flexibility index (Phi) is 7.75. The summed E-state index contributed by atoms with van der Waals surface area (Å²) in [6.07, 6.45) is 0. The number of halogens is 1. The van der Waals surface area contributed by atoms with Gasteiger partial charge < -0.3 is 20.1 Å². The fourth-order valence-corrected chi connectivity index (χ4v) is 1.99. The van der Waals surface area contributed by atoms with Crippen molar-refractivity contribution in [2.45, 2.75) is 0 Å². The van der Waals surface area contributed by atoms with E-state index in [1.165, 1.54) is 0 Å². The first kappa shape index (κ1) is 18.8. The molecule has 2 N–H and O–H groups in total. The predicted octanol–water partition coefficient (Wildman–Crippen LogP) is 2.49. The number of para-hydroxylation sites is 1. The molecule has 0 heterocycles. The summed E-state index contributed by atoms with van der Waals surface area (Å²) in [7, 11) is 0. The van der Waals surface area contributed by atoms with Gasteiger partial charge in [0.1, 0.15) is 19.0 Å². The standard InChI is InChI=1S/C18H19ClN2O4/c19-14-6-8-15(9-7-14)21-17(22)12-20-18(23)13-24-10-11-25-16-4-2-1-3-5-16/h1-9H,10-13H2,(H,20,23)(H,21,22). The van der Waals surface area contributed by atoms with Crippen molar-refractivity contribution in [3.63, 3.8) is 0 Å². The highest BCUT2D eigenvalue weighted by Crippen LogP contribution is 2.13. The molecule has 132 valence electrons. The third-order valence-corrected chi connectivity index (χ3v) is 3.30. The molecule has 0 aliphatic heterocycles. The van der Waals surface area contributed by atoms with Crippen molar-refractivity contribution in [3.05, 3.63) is 59.6 Å². The molecule has 0 fully saturated rings. The minimum atomic E-state index is -0.369. The number of nitrogens with one attached hydrogen (secondary N) is 2. The van der Waals surface area contributed by atoms with Crippen LogP contribution in [0.3, 0.4) is 0 Å². The average Bonchev–Trinajstić information content (AvgIpc) is 2.62. The summed E-state index contributed by atoms with van der Waals surface area (Å²) in [6.45, 7) is 0.353. The van der Waals surface area contributed by atoms with E-state index in [0.717, 1.165) is 5.75 Å². The summed E-state index contributed by atoms with van der Waals surface area (Å²) >= 11 is 5.76. The fourth-order valence-electron chi connectivity index (χ4n) is 1.87. The van der Waals surface area contributed by atoms with E-state index < -0.39 is 0 Å². The van der Waals surface area contributed by atoms with Gasteiger partial charge in [0, 0.05) is 10.7 Å². The smallest absolute Gasteiger partial charge is 0.246 e. The van der Waals surface area contributed by atoms with Crippen LogP contribution in [0.1, 0.15) is 0 Å². The molecule has 0 aliphatic carbocycles. The molecular formula is C18H19ClN2O4. The Balaban J connectivity index is 1.54. The van der Waals surface area contributed by atoms with E-state index in [4.69, 9.17) is 21.1 Å². The van der Waals surface area contributed by atoms with Gasteiger partial charge in [0.25, 0.3) is 0 Å². The van der Waals surface area contributed by atoms with Gasteiger partial charge in [0.2, 0.25) is 11.8 Å². The first-order valence-corrected chi connectivity index (χ1v) is 8.09. The molecule has 0 bridgehead atoms. The second-order valence-corrected chi connectivity index (χ2v) is 5.48. The number of carbonyl (C=O) groups is 2. The predicted molar refractivity (Wildman–Crippen MR) is 95.8 cm³/mol. The molecule has 6 nitrogen and oxygen atoms in total. The SMILES string of the molecule is O=C(COCCOc1ccccc1)NCC(=O)Nc1ccc(Cl)cc1. The Morgan fingerprint density at radius 2 is 1.64 bits per heavy atom. The molecular weight excluding hydrogens is 344 g/mol. The van der Waals surface area contributed by atoms with E-state index in [-0.39, 0.29) is 31.6 Å². The maximum atomic E-state index is 11.7. The molecule has 0 spiro atoms. The lowest BCUT2D eigenvalue weighted by Gasteiger charge is -2.08. The molecule has 2 aromatic carbocycles. The monoisotopic (exact) mass is 362 g/mol. The Hall–Kier alpha value is -2.57. The lowest BCUT2D eigenvalue weighted by molar-refractivity contribution is -0.128. The van der Waals surface area contributed by atoms with Gasteiger partial charge in [-0.2, -0.15) is 0 Å². The number of amides is 2. The number of carbonyl (C=O) groups excluding carboxylic acids is 2. The highest BCUT2D eigenvalue weighted by Gasteiger charge is 2.06. The Morgan fingerprint density at radius 3 is 2.36 bits per heavy atom. The molecule has 0 atom stereocenters. The highest BCUT2D eigenvalue weighted by atomic mass is 35.5. The zero-order chi connectivity index (χ0) is 17.9. The van der Waals surface area contributed by atoms with Gasteiger partial charge >= 0.3 is 0 Å². The maximum Gasteiger partial charge on any atom is 0.246 e. The number of hydrogen-bond donors (Lipinski definition) is 2. The molecule has 2 rings (SSSR count). The molecule has 25 heavy (non-hydrogen) atoms. The van der Waals surface area contributed by atoms with Crippen molar-refractivity contribution in [2.24, 2.45) is 0 Å². The van der Waals surface area contributed by atoms with Crippen LogP contribution >= 0.6 is 11.6 Å². The fraction of sp³-hybridized carbons (Fsp3) is 0.222. The summed E-state index contributed by atoms with van der Waals surface area (Å²) in [5.41, 5.74) is 0.609. The van der Waals surface area contributed by atoms with Crippen LogP contribution in [-0.4, -0.2) is 38.2 Å². The van der Waals surface area contributed by atoms with Gasteiger partial charge in [-0.15, -0.1) is 0 Å². The third-order valence-electron chi connectivity index (χ3n) is 3.05. The van der Waals surface area contributed by atoms with Crippen molar-refractivity contribution in [1.29, 1.82) is 0 Å². The first-order chi connectivity index (χ1) is 12.1. The van der Waals surface area contributed by atoms with E-state index in [1.807, 2.05) is 30.3 Å². The molecule has 0 radical (unpaired) electrons. The second kappa shape index (κ2) is 10.3. The number of hydrogen-bond acceptors (Lipinski definition) is 4. The number of anilines is 1. The van der Waals surface area contributed by atoms with E-state index in [1.54, 1.807) is 24.3 Å². The van der Waals surface area contributed by atoms with Gasteiger partial charge in [0.15, 0.2) is 0 Å². The Labute approximate surface area is 151 Å². The van der Waals surface area contributed by atoms with Gasteiger partial charge in [-0.3, -0.25) is 9.59 Å². The van der Waals surface area contributed by atoms with Crippen molar-refractivity contribution in [1.82, 2.24) is 5.32 Å². The van der Waals surface area contributed by atoms with E-state index in [2.05, 4.69) is 10.6 Å². The quantitative estimate of drug-likeness (QED) is 0.672. The normalized spacial score (nSPS) is 10.1. The second-order valence-electron chi connectivity index (χ2n) is 5.05. The summed E-state index contributed by atoms with van der Waals surface area (Å²) in [6, 6.07) is 16.0. The zero-order valence-corrected chi connectivity index (χ0v) is 14.3. The average molecular weight is 363 g/mol. The van der Waals surface area contributed by atoms with Crippen molar-refractivity contribution < 1.29 is 19.1 Å².